The average molecular weight is 1440 g/mol. The van der Waals surface area contributed by atoms with Crippen molar-refractivity contribution >= 4 is 82.5 Å². The maximum Gasteiger partial charge on any atom is 0.417 e. The Balaban J connectivity index is 1.46. The summed E-state index contributed by atoms with van der Waals surface area (Å²) in [5, 5.41) is 7.76. The third-order valence-electron chi connectivity index (χ3n) is 21.0. The van der Waals surface area contributed by atoms with Crippen molar-refractivity contribution in [2.75, 3.05) is 89.1 Å². The molecular formula is C72H105ClF4N12O12. The smallest absolute Gasteiger partial charge is 0.343 e. The van der Waals surface area contributed by atoms with Crippen molar-refractivity contribution in [3.05, 3.63) is 70.0 Å². The Morgan fingerprint density at radius 2 is 1.25 bits per heavy atom. The van der Waals surface area contributed by atoms with E-state index in [1.54, 1.807) is 32.6 Å². The number of alkyl halides is 3. The summed E-state index contributed by atoms with van der Waals surface area (Å²) < 4.78 is 57.7. The molecule has 3 N–H and O–H groups in total. The largest absolute Gasteiger partial charge is 0.417 e. The Labute approximate surface area is 596 Å². The van der Waals surface area contributed by atoms with E-state index in [4.69, 9.17) is 11.6 Å². The van der Waals surface area contributed by atoms with Crippen molar-refractivity contribution in [3.8, 4) is 0 Å². The van der Waals surface area contributed by atoms with Crippen LogP contribution in [0.3, 0.4) is 0 Å². The average Bonchev–Trinajstić information content (AvgIpc) is 1.76. The monoisotopic (exact) mass is 1440 g/mol. The second-order valence-corrected chi connectivity index (χ2v) is 29.0. The molecule has 0 radical (unpaired) electrons. The number of hydrogen-bond donors (Lipinski definition) is 3. The summed E-state index contributed by atoms with van der Waals surface area (Å²) in [6, 6.07) is -1.26. The van der Waals surface area contributed by atoms with Crippen molar-refractivity contribution in [2.45, 2.75) is 204 Å². The van der Waals surface area contributed by atoms with Crippen LogP contribution >= 0.6 is 11.6 Å². The highest BCUT2D eigenvalue weighted by molar-refractivity contribution is 6.31. The Morgan fingerprint density at radius 3 is 1.84 bits per heavy atom. The van der Waals surface area contributed by atoms with E-state index in [0.29, 0.717) is 45.2 Å². The zero-order valence-corrected chi connectivity index (χ0v) is 61.6. The van der Waals surface area contributed by atoms with Gasteiger partial charge in [0.05, 0.1) is 36.6 Å². The van der Waals surface area contributed by atoms with Crippen molar-refractivity contribution in [1.29, 1.82) is 0 Å². The molecule has 2 aromatic rings. The number of aryl methyl sites for hydroxylation is 1. The van der Waals surface area contributed by atoms with E-state index in [-0.39, 0.29) is 49.1 Å². The van der Waals surface area contributed by atoms with Gasteiger partial charge >= 0.3 is 6.18 Å². The molecule has 101 heavy (non-hydrogen) atoms. The predicted octanol–water partition coefficient (Wildman–Crippen LogP) is 5.69. The first-order valence-corrected chi connectivity index (χ1v) is 35.7. The number of benzene rings is 2. The molecule has 560 valence electrons. The van der Waals surface area contributed by atoms with E-state index < -0.39 is 186 Å². The summed E-state index contributed by atoms with van der Waals surface area (Å²) in [5.74, 6) is -10.9. The molecule has 0 bridgehead atoms. The number of hydrogen-bond acceptors (Lipinski definition) is 12. The van der Waals surface area contributed by atoms with Crippen molar-refractivity contribution in [3.63, 3.8) is 0 Å². The summed E-state index contributed by atoms with van der Waals surface area (Å²) in [6.07, 6.45) is 1.32. The highest BCUT2D eigenvalue weighted by Crippen LogP contribution is 2.37. The first-order valence-electron chi connectivity index (χ1n) is 35.3. The van der Waals surface area contributed by atoms with Crippen LogP contribution in [0.2, 0.25) is 5.02 Å². The van der Waals surface area contributed by atoms with Crippen LogP contribution in [0, 0.1) is 23.6 Å². The lowest BCUT2D eigenvalue weighted by Gasteiger charge is -2.42. The maximum atomic E-state index is 15.9. The molecule has 24 nitrogen and oxygen atoms in total. The lowest BCUT2D eigenvalue weighted by Crippen LogP contribution is -2.65. The summed E-state index contributed by atoms with van der Waals surface area (Å²) in [4.78, 5) is 188. The van der Waals surface area contributed by atoms with Crippen molar-refractivity contribution in [2.24, 2.45) is 17.8 Å². The Bertz CT molecular complexity index is 3320. The van der Waals surface area contributed by atoms with E-state index in [2.05, 4.69) is 16.0 Å². The number of carbonyl (C=O) groups excluding carboxylic acids is 12. The zero-order valence-electron chi connectivity index (χ0n) is 60.9. The fourth-order valence-corrected chi connectivity index (χ4v) is 14.5. The van der Waals surface area contributed by atoms with Crippen LogP contribution in [0.1, 0.15) is 154 Å². The number of carbonyl (C=O) groups is 12. The molecule has 4 fully saturated rings. The van der Waals surface area contributed by atoms with Crippen LogP contribution < -0.4 is 16.0 Å². The highest BCUT2D eigenvalue weighted by atomic mass is 35.5. The third-order valence-corrected chi connectivity index (χ3v) is 21.3. The van der Waals surface area contributed by atoms with Gasteiger partial charge in [-0.1, -0.05) is 115 Å². The minimum Gasteiger partial charge on any atom is -0.343 e. The molecule has 2 saturated carbocycles. The van der Waals surface area contributed by atoms with Gasteiger partial charge in [0.25, 0.3) is 0 Å². The topological polar surface area (TPSA) is 270 Å². The molecule has 2 aromatic carbocycles. The molecule has 6 rings (SSSR count). The number of halogens is 5. The molecule has 0 aromatic heterocycles. The molecule has 12 amide bonds. The third kappa shape index (κ3) is 20.9. The van der Waals surface area contributed by atoms with E-state index in [1.807, 2.05) is 0 Å². The SMILES string of the molecule is CC[C@H](C)[C@@H]1NC(=O)[C@H](C)N(C)C(=O)C[C@@H](C(=O)N2CCCCC2)N(C)C(=O)[C@H](C(C)C)N(C)C(=O)C2(CCCC2)NC(=O)[C@H](Cc2ccccc2F)N(C)C(=O)[C@H](CCc2ccc(C(F)(F)F)c(Cl)c2)NC(=O)CN(C)C(=O)[C@H](CC2CCCCC2)N(C)C(=O)CN(C)C(=O)CN(C)C1=O. The fourth-order valence-electron chi connectivity index (χ4n) is 14.1. The van der Waals surface area contributed by atoms with Gasteiger partial charge in [0.2, 0.25) is 70.9 Å². The Kier molecular flexibility index (Phi) is 29.5. The second-order valence-electron chi connectivity index (χ2n) is 28.6. The molecule has 29 heteroatoms. The first-order chi connectivity index (χ1) is 47.4. The van der Waals surface area contributed by atoms with Gasteiger partial charge in [0.15, 0.2) is 0 Å². The lowest BCUT2D eigenvalue weighted by atomic mass is 9.84. The van der Waals surface area contributed by atoms with E-state index >= 15 is 23.6 Å². The molecule has 0 unspecified atom stereocenters. The minimum absolute atomic E-state index is 0.0216. The predicted molar refractivity (Wildman–Crippen MR) is 370 cm³/mol. The molecule has 2 heterocycles. The van der Waals surface area contributed by atoms with Gasteiger partial charge in [-0.05, 0) is 105 Å². The lowest BCUT2D eigenvalue weighted by molar-refractivity contribution is -0.156. The summed E-state index contributed by atoms with van der Waals surface area (Å²) in [7, 11) is 10.8. The second kappa shape index (κ2) is 36.3. The first kappa shape index (κ1) is 82.0. The number of amides is 12. The van der Waals surface area contributed by atoms with Crippen LogP contribution in [-0.4, -0.2) is 252 Å². The van der Waals surface area contributed by atoms with Crippen LogP contribution in [0.15, 0.2) is 42.5 Å². The van der Waals surface area contributed by atoms with E-state index in [9.17, 15) is 51.5 Å². The summed E-state index contributed by atoms with van der Waals surface area (Å²) >= 11 is 6.16. The van der Waals surface area contributed by atoms with Crippen LogP contribution in [-0.2, 0) is 76.6 Å². The molecular weight excluding hydrogens is 1340 g/mol. The van der Waals surface area contributed by atoms with Gasteiger partial charge in [0, 0.05) is 75.9 Å². The van der Waals surface area contributed by atoms with Gasteiger partial charge in [-0.2, -0.15) is 13.2 Å². The number of likely N-dealkylation sites (N-methyl/N-ethyl adjacent to an activating group) is 8. The van der Waals surface area contributed by atoms with Gasteiger partial charge in [-0.25, -0.2) is 4.39 Å². The fraction of sp³-hybridized carbons (Fsp3) is 0.667. The number of piperidine rings is 1. The quantitative estimate of drug-likeness (QED) is 0.229. The minimum atomic E-state index is -4.81. The highest BCUT2D eigenvalue weighted by Gasteiger charge is 2.50. The standard InChI is InChI=1S/C72H105ClF4N12O12/c1-14-45(4)61-68(99)83(8)42-59(92)81(6)43-60(93)85(10)55(38-47-25-17-15-18-26-47)66(97)82(7)41-57(90)78-53(32-30-48-29-31-50(51(73)37-48)72(75,76)77)65(96)86(11)54(39-49-27-19-20-28-52(49)74)64(95)80-71(33-21-22-34-71)70(101)88(13)62(44(2)3)69(100)87(12)56(67(98)89-35-23-16-24-36-89)40-58(91)84(9)46(5)63(94)79-61/h19-20,27-29,31,37,44-47,53-56,61-62H,14-18,21-26,30,32-36,38-43H2,1-13H3,(H,78,90)(H,79,94)(H,80,95)/t45-,46-,53-,54-,55-,56-,61-,62-/m0/s1. The van der Waals surface area contributed by atoms with Crippen molar-refractivity contribution in [1.82, 2.24) is 60.0 Å². The number of likely N-dealkylation sites (tertiary alicyclic amines) is 1. The number of nitrogens with one attached hydrogen (secondary N) is 3. The van der Waals surface area contributed by atoms with Gasteiger partial charge in [-0.3, -0.25) is 57.5 Å². The van der Waals surface area contributed by atoms with E-state index in [0.717, 1.165) is 92.2 Å². The van der Waals surface area contributed by atoms with Gasteiger partial charge in [-0.15, -0.1) is 0 Å². The number of nitrogens with zero attached hydrogens (tertiary/aromatic N) is 9. The Morgan fingerprint density at radius 1 is 0.644 bits per heavy atom. The maximum absolute atomic E-state index is 15.9. The van der Waals surface area contributed by atoms with Gasteiger partial charge < -0.3 is 60.0 Å². The molecule has 8 atom stereocenters. The normalized spacial score (nSPS) is 25.1. The summed E-state index contributed by atoms with van der Waals surface area (Å²) in [6.45, 7) is 7.16. The summed E-state index contributed by atoms with van der Waals surface area (Å²) in [5.41, 5.74) is -2.69. The Hall–Kier alpha value is -7.91. The van der Waals surface area contributed by atoms with Crippen molar-refractivity contribution < 1.29 is 75.1 Å². The number of rotatable bonds is 11. The molecule has 2 aliphatic heterocycles. The van der Waals surface area contributed by atoms with E-state index in [1.165, 1.54) is 91.3 Å². The van der Waals surface area contributed by atoms with Crippen LogP contribution in [0.4, 0.5) is 17.6 Å². The molecule has 1 spiro atoms. The van der Waals surface area contributed by atoms with Gasteiger partial charge in [0.1, 0.15) is 53.6 Å². The zero-order chi connectivity index (χ0) is 75.1. The van der Waals surface area contributed by atoms with Crippen LogP contribution in [0.25, 0.3) is 0 Å². The molecule has 2 aliphatic carbocycles. The molecule has 4 aliphatic rings. The van der Waals surface area contributed by atoms with Crippen LogP contribution in [0.5, 0.6) is 0 Å². The molecule has 2 saturated heterocycles.